The van der Waals surface area contributed by atoms with Crippen LogP contribution in [-0.4, -0.2) is 9.97 Å². The van der Waals surface area contributed by atoms with Crippen molar-refractivity contribution < 1.29 is 13.2 Å². The lowest BCUT2D eigenvalue weighted by Gasteiger charge is -2.09. The highest BCUT2D eigenvalue weighted by atomic mass is 19.4. The minimum Gasteiger partial charge on any atom is -0.367 e. The summed E-state index contributed by atoms with van der Waals surface area (Å²) in [4.78, 5) is 6.94. The number of H-pyrrole nitrogens is 1. The maximum Gasteiger partial charge on any atom is 0.416 e. The van der Waals surface area contributed by atoms with Gasteiger partial charge in [0.1, 0.15) is 0 Å². The smallest absolute Gasteiger partial charge is 0.367 e. The van der Waals surface area contributed by atoms with Crippen LogP contribution in [0, 0.1) is 0 Å². The first kappa shape index (κ1) is 11.8. The van der Waals surface area contributed by atoms with E-state index in [1.54, 1.807) is 18.5 Å². The van der Waals surface area contributed by atoms with Crippen LogP contribution >= 0.6 is 0 Å². The molecule has 5 heteroatoms. The first-order valence-electron chi connectivity index (χ1n) is 5.65. The number of fused-ring (bicyclic) bond motifs is 1. The second-order valence-electron chi connectivity index (χ2n) is 4.19. The molecule has 0 amide bonds. The van der Waals surface area contributed by atoms with Gasteiger partial charge in [-0.2, -0.15) is 13.2 Å². The number of pyridine rings is 1. The maximum absolute atomic E-state index is 12.7. The minimum atomic E-state index is -4.35. The lowest BCUT2D eigenvalue weighted by Crippen LogP contribution is -2.04. The van der Waals surface area contributed by atoms with Crippen molar-refractivity contribution in [3.05, 3.63) is 54.5 Å². The van der Waals surface area contributed by atoms with Crippen LogP contribution in [0.2, 0.25) is 0 Å². The molecule has 0 bridgehead atoms. The molecule has 96 valence electrons. The number of nitrogens with one attached hydrogen (secondary N) is 1. The van der Waals surface area contributed by atoms with Gasteiger partial charge in [-0.1, -0.05) is 6.07 Å². The summed E-state index contributed by atoms with van der Waals surface area (Å²) in [7, 11) is 0. The van der Waals surface area contributed by atoms with Gasteiger partial charge >= 0.3 is 6.18 Å². The zero-order valence-corrected chi connectivity index (χ0v) is 9.70. The van der Waals surface area contributed by atoms with Gasteiger partial charge in [0.2, 0.25) is 0 Å². The number of halogens is 3. The van der Waals surface area contributed by atoms with Gasteiger partial charge in [-0.05, 0) is 35.4 Å². The van der Waals surface area contributed by atoms with E-state index in [4.69, 9.17) is 0 Å². The normalized spacial score (nSPS) is 11.9. The fourth-order valence-electron chi connectivity index (χ4n) is 2.07. The Morgan fingerprint density at radius 1 is 1.05 bits per heavy atom. The highest BCUT2D eigenvalue weighted by Crippen LogP contribution is 2.33. The fourth-order valence-corrected chi connectivity index (χ4v) is 2.07. The van der Waals surface area contributed by atoms with Gasteiger partial charge in [0.15, 0.2) is 0 Å². The summed E-state index contributed by atoms with van der Waals surface area (Å²) >= 11 is 0. The molecular formula is C14H9F3N2. The van der Waals surface area contributed by atoms with Crippen molar-refractivity contribution in [1.29, 1.82) is 0 Å². The Kier molecular flexibility index (Phi) is 2.55. The number of aromatic nitrogens is 2. The van der Waals surface area contributed by atoms with Gasteiger partial charge in [0.25, 0.3) is 0 Å². The lowest BCUT2D eigenvalue weighted by molar-refractivity contribution is -0.137. The molecule has 0 unspecified atom stereocenters. The molecule has 0 aliphatic carbocycles. The first-order chi connectivity index (χ1) is 9.05. The number of alkyl halides is 3. The summed E-state index contributed by atoms with van der Waals surface area (Å²) in [6.07, 6.45) is 0.739. The monoisotopic (exact) mass is 262 g/mol. The Labute approximate surface area is 106 Å². The second kappa shape index (κ2) is 4.12. The molecule has 0 fully saturated rings. The average Bonchev–Trinajstić information content (AvgIpc) is 2.90. The van der Waals surface area contributed by atoms with E-state index in [0.29, 0.717) is 10.9 Å². The molecule has 19 heavy (non-hydrogen) atoms. The zero-order chi connectivity index (χ0) is 13.5. The van der Waals surface area contributed by atoms with E-state index >= 15 is 0 Å². The summed E-state index contributed by atoms with van der Waals surface area (Å²) in [5, 5.41) is 0.704. The molecule has 0 saturated heterocycles. The van der Waals surface area contributed by atoms with Crippen LogP contribution in [0.5, 0.6) is 0 Å². The summed E-state index contributed by atoms with van der Waals surface area (Å²) < 4.78 is 38.0. The molecule has 1 N–H and O–H groups in total. The molecule has 1 aromatic carbocycles. The van der Waals surface area contributed by atoms with E-state index in [2.05, 4.69) is 9.97 Å². The van der Waals surface area contributed by atoms with Crippen LogP contribution in [0.15, 0.2) is 48.9 Å². The third-order valence-corrected chi connectivity index (χ3v) is 2.98. The lowest BCUT2D eigenvalue weighted by atomic mass is 10.0. The Balaban J connectivity index is 2.23. The number of rotatable bonds is 1. The summed E-state index contributed by atoms with van der Waals surface area (Å²) in [6, 6.07) is 7.28. The topological polar surface area (TPSA) is 28.7 Å². The van der Waals surface area contributed by atoms with Gasteiger partial charge in [-0.15, -0.1) is 0 Å². The predicted molar refractivity (Wildman–Crippen MR) is 66.5 cm³/mol. The van der Waals surface area contributed by atoms with Crippen LogP contribution in [0.4, 0.5) is 13.2 Å². The van der Waals surface area contributed by atoms with Crippen LogP contribution in [-0.2, 0) is 6.18 Å². The molecule has 0 aliphatic rings. The highest BCUT2D eigenvalue weighted by molar-refractivity contribution is 5.94. The van der Waals surface area contributed by atoms with Crippen LogP contribution in [0.3, 0.4) is 0 Å². The number of nitrogens with zero attached hydrogens (tertiary/aromatic N) is 1. The highest BCUT2D eigenvalue weighted by Gasteiger charge is 2.30. The van der Waals surface area contributed by atoms with E-state index in [0.717, 1.165) is 23.3 Å². The summed E-state index contributed by atoms with van der Waals surface area (Å²) in [5.41, 5.74) is 1.44. The van der Waals surface area contributed by atoms with Crippen LogP contribution in [0.25, 0.3) is 22.0 Å². The summed E-state index contributed by atoms with van der Waals surface area (Å²) in [5.74, 6) is 0. The molecule has 0 spiro atoms. The Morgan fingerprint density at radius 3 is 2.58 bits per heavy atom. The van der Waals surface area contributed by atoms with Gasteiger partial charge in [-0.25, -0.2) is 0 Å². The molecular weight excluding hydrogens is 253 g/mol. The maximum atomic E-state index is 12.7. The zero-order valence-electron chi connectivity index (χ0n) is 9.70. The first-order valence-corrected chi connectivity index (χ1v) is 5.65. The molecule has 0 saturated carbocycles. The van der Waals surface area contributed by atoms with Gasteiger partial charge in [0.05, 0.1) is 11.1 Å². The van der Waals surface area contributed by atoms with E-state index in [1.807, 2.05) is 6.07 Å². The largest absolute Gasteiger partial charge is 0.416 e. The molecule has 0 aliphatic heterocycles. The molecule has 3 rings (SSSR count). The number of hydrogen-bond donors (Lipinski definition) is 1. The predicted octanol–water partition coefficient (Wildman–Crippen LogP) is 4.25. The number of benzene rings is 1. The second-order valence-corrected chi connectivity index (χ2v) is 4.19. The van der Waals surface area contributed by atoms with Gasteiger partial charge < -0.3 is 4.98 Å². The van der Waals surface area contributed by atoms with E-state index in [9.17, 15) is 13.2 Å². The SMILES string of the molecule is FC(F)(F)c1ccc2c(-c3cc[nH]c3)ccnc2c1. The standard InChI is InChI=1S/C14H9F3N2/c15-14(16,17)10-1-2-12-11(9-3-5-18-8-9)4-6-19-13(12)7-10/h1-8,18H. The molecule has 0 radical (unpaired) electrons. The van der Waals surface area contributed by atoms with Gasteiger partial charge in [0, 0.05) is 24.0 Å². The third kappa shape index (κ3) is 2.07. The van der Waals surface area contributed by atoms with E-state index in [1.165, 1.54) is 12.3 Å². The minimum absolute atomic E-state index is 0.341. The number of hydrogen-bond acceptors (Lipinski definition) is 1. The van der Waals surface area contributed by atoms with E-state index in [-0.39, 0.29) is 0 Å². The number of aromatic amines is 1. The van der Waals surface area contributed by atoms with Crippen molar-refractivity contribution in [2.24, 2.45) is 0 Å². The molecule has 2 heterocycles. The summed E-state index contributed by atoms with van der Waals surface area (Å²) in [6.45, 7) is 0. The molecule has 0 atom stereocenters. The fraction of sp³-hybridized carbons (Fsp3) is 0.0714. The molecule has 2 nitrogen and oxygen atoms in total. The Bertz CT molecular complexity index is 715. The average molecular weight is 262 g/mol. The third-order valence-electron chi connectivity index (χ3n) is 2.98. The van der Waals surface area contributed by atoms with Crippen molar-refractivity contribution >= 4 is 10.9 Å². The van der Waals surface area contributed by atoms with Crippen molar-refractivity contribution in [2.45, 2.75) is 6.18 Å². The van der Waals surface area contributed by atoms with Crippen molar-refractivity contribution in [2.75, 3.05) is 0 Å². The van der Waals surface area contributed by atoms with Crippen molar-refractivity contribution in [3.8, 4) is 11.1 Å². The van der Waals surface area contributed by atoms with Crippen LogP contribution < -0.4 is 0 Å². The van der Waals surface area contributed by atoms with Gasteiger partial charge in [-0.3, -0.25) is 4.98 Å². The Morgan fingerprint density at radius 2 is 1.89 bits per heavy atom. The quantitative estimate of drug-likeness (QED) is 0.697. The Hall–Kier alpha value is -2.30. The van der Waals surface area contributed by atoms with E-state index < -0.39 is 11.7 Å². The van der Waals surface area contributed by atoms with Crippen LogP contribution in [0.1, 0.15) is 5.56 Å². The molecule has 3 aromatic rings. The van der Waals surface area contributed by atoms with Crippen molar-refractivity contribution in [1.82, 2.24) is 9.97 Å². The molecule has 2 aromatic heterocycles. The van der Waals surface area contributed by atoms with Crippen molar-refractivity contribution in [3.63, 3.8) is 0 Å².